The first-order valence-corrected chi connectivity index (χ1v) is 7.14. The highest BCUT2D eigenvalue weighted by atomic mass is 127. The van der Waals surface area contributed by atoms with Gasteiger partial charge in [0.25, 0.3) is 5.91 Å². The second-order valence-corrected chi connectivity index (χ2v) is 5.30. The van der Waals surface area contributed by atoms with Crippen molar-refractivity contribution >= 4 is 34.7 Å². The number of carbonyl (C=O) groups excluding carboxylic acids is 1. The fourth-order valence-electron chi connectivity index (χ4n) is 1.60. The number of ether oxygens (including phenoxy) is 1. The minimum atomic E-state index is -0.321. The summed E-state index contributed by atoms with van der Waals surface area (Å²) < 4.78 is 5.78. The molecule has 2 aromatic carbocycles. The number of rotatable bonds is 4. The second-order valence-electron chi connectivity index (χ2n) is 4.14. The third kappa shape index (κ3) is 4.19. The van der Waals surface area contributed by atoms with Crippen molar-refractivity contribution in [1.29, 1.82) is 0 Å². The monoisotopic (exact) mass is 396 g/mol. The number of nitrogens with zero attached hydrogens (tertiary/aromatic N) is 1. The first-order valence-electron chi connectivity index (χ1n) is 6.06. The highest BCUT2D eigenvalue weighted by molar-refractivity contribution is 14.1. The van der Waals surface area contributed by atoms with Crippen LogP contribution in [-0.2, 0) is 0 Å². The van der Waals surface area contributed by atoms with Crippen molar-refractivity contribution < 1.29 is 14.6 Å². The van der Waals surface area contributed by atoms with Crippen LogP contribution < -0.4 is 10.2 Å². The number of methoxy groups -OCH3 is 1. The van der Waals surface area contributed by atoms with Gasteiger partial charge in [-0.3, -0.25) is 4.79 Å². The summed E-state index contributed by atoms with van der Waals surface area (Å²) in [5.74, 6) is 0.506. The van der Waals surface area contributed by atoms with Gasteiger partial charge in [-0.05, 0) is 64.6 Å². The molecule has 1 amide bonds. The van der Waals surface area contributed by atoms with E-state index in [0.717, 1.165) is 9.13 Å². The van der Waals surface area contributed by atoms with Crippen LogP contribution in [0, 0.1) is 3.57 Å². The van der Waals surface area contributed by atoms with E-state index in [2.05, 4.69) is 10.5 Å². The Morgan fingerprint density at radius 3 is 2.86 bits per heavy atom. The third-order valence-corrected chi connectivity index (χ3v) is 3.55. The van der Waals surface area contributed by atoms with E-state index in [1.54, 1.807) is 49.6 Å². The summed E-state index contributed by atoms with van der Waals surface area (Å²) >= 11 is 2.02. The number of hydrogen-bond acceptors (Lipinski definition) is 4. The van der Waals surface area contributed by atoms with Crippen molar-refractivity contribution in [3.63, 3.8) is 0 Å². The summed E-state index contributed by atoms with van der Waals surface area (Å²) in [5.41, 5.74) is 3.69. The van der Waals surface area contributed by atoms with Crippen molar-refractivity contribution in [2.75, 3.05) is 7.11 Å². The zero-order valence-electron chi connectivity index (χ0n) is 11.2. The number of benzene rings is 2. The van der Waals surface area contributed by atoms with E-state index in [4.69, 9.17) is 4.74 Å². The highest BCUT2D eigenvalue weighted by Crippen LogP contribution is 2.19. The number of phenolic OH excluding ortho intramolecular Hbond substituents is 1. The number of aromatic hydroxyl groups is 1. The average molecular weight is 396 g/mol. The Labute approximate surface area is 135 Å². The number of nitrogens with one attached hydrogen (secondary N) is 1. The summed E-state index contributed by atoms with van der Waals surface area (Å²) in [4.78, 5) is 11.9. The van der Waals surface area contributed by atoms with Gasteiger partial charge in [0.1, 0.15) is 11.5 Å². The maximum atomic E-state index is 11.9. The average Bonchev–Trinajstić information content (AvgIpc) is 2.50. The van der Waals surface area contributed by atoms with Crippen molar-refractivity contribution in [1.82, 2.24) is 5.43 Å². The lowest BCUT2D eigenvalue weighted by Crippen LogP contribution is -2.17. The molecule has 2 N–H and O–H groups in total. The zero-order chi connectivity index (χ0) is 15.2. The zero-order valence-corrected chi connectivity index (χ0v) is 13.4. The van der Waals surface area contributed by atoms with Crippen molar-refractivity contribution in [2.45, 2.75) is 0 Å². The minimum absolute atomic E-state index is 0.216. The Bertz CT molecular complexity index is 686. The molecule has 21 heavy (non-hydrogen) atoms. The molecular formula is C15H13IN2O3. The van der Waals surface area contributed by atoms with Crippen LogP contribution in [0.2, 0.25) is 0 Å². The first kappa shape index (κ1) is 15.3. The number of amides is 1. The van der Waals surface area contributed by atoms with Crippen molar-refractivity contribution in [2.24, 2.45) is 5.10 Å². The molecular weight excluding hydrogens is 383 g/mol. The number of hydrazone groups is 1. The van der Waals surface area contributed by atoms with Crippen LogP contribution in [-0.4, -0.2) is 24.3 Å². The molecule has 0 aliphatic carbocycles. The van der Waals surface area contributed by atoms with Crippen LogP contribution in [0.4, 0.5) is 0 Å². The summed E-state index contributed by atoms with van der Waals surface area (Å²) in [6.45, 7) is 0. The maximum absolute atomic E-state index is 11.9. The van der Waals surface area contributed by atoms with E-state index >= 15 is 0 Å². The quantitative estimate of drug-likeness (QED) is 0.475. The van der Waals surface area contributed by atoms with E-state index in [9.17, 15) is 9.90 Å². The van der Waals surface area contributed by atoms with Crippen molar-refractivity contribution in [3.8, 4) is 11.5 Å². The molecule has 0 saturated carbocycles. The lowest BCUT2D eigenvalue weighted by atomic mass is 10.2. The molecule has 0 atom stereocenters. The first-order chi connectivity index (χ1) is 10.1. The molecule has 0 spiro atoms. The van der Waals surface area contributed by atoms with Crippen LogP contribution >= 0.6 is 22.6 Å². The molecule has 0 bridgehead atoms. The Morgan fingerprint density at radius 1 is 1.33 bits per heavy atom. The summed E-state index contributed by atoms with van der Waals surface area (Å²) in [6, 6.07) is 11.9. The number of halogens is 1. The molecule has 0 heterocycles. The molecule has 0 unspecified atom stereocenters. The van der Waals surface area contributed by atoms with Crippen LogP contribution in [0.3, 0.4) is 0 Å². The Hall–Kier alpha value is -2.09. The van der Waals surface area contributed by atoms with Gasteiger partial charge in [-0.1, -0.05) is 6.07 Å². The topological polar surface area (TPSA) is 70.9 Å². The molecule has 0 saturated heterocycles. The smallest absolute Gasteiger partial charge is 0.271 e. The maximum Gasteiger partial charge on any atom is 0.271 e. The molecule has 0 fully saturated rings. The van der Waals surface area contributed by atoms with Gasteiger partial charge < -0.3 is 9.84 Å². The molecule has 0 aliphatic heterocycles. The third-order valence-electron chi connectivity index (χ3n) is 2.68. The van der Waals surface area contributed by atoms with Crippen molar-refractivity contribution in [3.05, 3.63) is 57.2 Å². The lowest BCUT2D eigenvalue weighted by Gasteiger charge is -2.03. The molecule has 0 aliphatic rings. The molecule has 6 heteroatoms. The summed E-state index contributed by atoms with van der Waals surface area (Å²) in [7, 11) is 1.54. The molecule has 5 nitrogen and oxygen atoms in total. The highest BCUT2D eigenvalue weighted by Gasteiger charge is 2.05. The summed E-state index contributed by atoms with van der Waals surface area (Å²) in [6.07, 6.45) is 1.51. The van der Waals surface area contributed by atoms with Gasteiger partial charge in [0.05, 0.1) is 16.9 Å². The van der Waals surface area contributed by atoms with E-state index in [-0.39, 0.29) is 11.7 Å². The van der Waals surface area contributed by atoms with Gasteiger partial charge in [-0.15, -0.1) is 0 Å². The minimum Gasteiger partial charge on any atom is -0.507 e. The van der Waals surface area contributed by atoms with Gasteiger partial charge >= 0.3 is 0 Å². The number of carbonyl (C=O) groups is 1. The van der Waals surface area contributed by atoms with Crippen LogP contribution in [0.15, 0.2) is 47.6 Å². The molecule has 2 rings (SSSR count). The Morgan fingerprint density at radius 2 is 2.14 bits per heavy atom. The lowest BCUT2D eigenvalue weighted by molar-refractivity contribution is 0.0955. The van der Waals surface area contributed by atoms with Crippen LogP contribution in [0.25, 0.3) is 0 Å². The Kier molecular flexibility index (Phi) is 5.15. The van der Waals surface area contributed by atoms with E-state index in [1.165, 1.54) is 6.21 Å². The number of phenols is 1. The molecule has 0 aromatic heterocycles. The fourth-order valence-corrected chi connectivity index (χ4v) is 2.14. The van der Waals surface area contributed by atoms with Gasteiger partial charge in [0.2, 0.25) is 0 Å². The normalized spacial score (nSPS) is 10.6. The van der Waals surface area contributed by atoms with Gasteiger partial charge in [-0.2, -0.15) is 5.10 Å². The molecule has 2 aromatic rings. The predicted molar refractivity (Wildman–Crippen MR) is 88.9 cm³/mol. The predicted octanol–water partition coefficient (Wildman–Crippen LogP) is 2.77. The van der Waals surface area contributed by atoms with Crippen LogP contribution in [0.5, 0.6) is 11.5 Å². The second kappa shape index (κ2) is 7.07. The standard InChI is InChI=1S/C15H13IN2O3/c1-21-12-4-2-3-11(8-12)15(20)18-17-9-10-5-6-14(19)13(16)7-10/h2-9,19H,1H3,(H,18,20)/b17-9-. The Balaban J connectivity index is 2.02. The van der Waals surface area contributed by atoms with Gasteiger partial charge in [0.15, 0.2) is 0 Å². The summed E-state index contributed by atoms with van der Waals surface area (Å²) in [5, 5.41) is 13.3. The number of hydrogen-bond donors (Lipinski definition) is 2. The largest absolute Gasteiger partial charge is 0.507 e. The van der Waals surface area contributed by atoms with Crippen LogP contribution in [0.1, 0.15) is 15.9 Å². The SMILES string of the molecule is COc1cccc(C(=O)N/N=C\c2ccc(O)c(I)c2)c1. The van der Waals surface area contributed by atoms with E-state index < -0.39 is 0 Å². The molecule has 108 valence electrons. The molecule has 0 radical (unpaired) electrons. The van der Waals surface area contributed by atoms with Gasteiger partial charge in [-0.25, -0.2) is 5.43 Å². The van der Waals surface area contributed by atoms with Gasteiger partial charge in [0, 0.05) is 5.56 Å². The van der Waals surface area contributed by atoms with E-state index in [1.807, 2.05) is 22.6 Å². The van der Waals surface area contributed by atoms with E-state index in [0.29, 0.717) is 11.3 Å². The fraction of sp³-hybridized carbons (Fsp3) is 0.0667.